The molecule has 4 rings (SSSR count). The molecule has 1 aliphatic rings. The largest absolute Gasteiger partial charge is 0.474 e. The number of pyridine rings is 1. The van der Waals surface area contributed by atoms with E-state index in [4.69, 9.17) is 9.72 Å². The van der Waals surface area contributed by atoms with E-state index in [0.717, 1.165) is 49.0 Å². The van der Waals surface area contributed by atoms with Crippen LogP contribution in [0, 0.1) is 12.8 Å². The summed E-state index contributed by atoms with van der Waals surface area (Å²) in [4.78, 5) is 20.9. The number of hydrogen-bond donors (Lipinski definition) is 0. The lowest BCUT2D eigenvalue weighted by atomic mass is 9.85. The third-order valence-electron chi connectivity index (χ3n) is 5.82. The minimum absolute atomic E-state index is 0.135. The second-order valence-corrected chi connectivity index (χ2v) is 7.97. The predicted molar refractivity (Wildman–Crippen MR) is 110 cm³/mol. The zero-order valence-electron chi connectivity index (χ0n) is 16.8. The van der Waals surface area contributed by atoms with Gasteiger partial charge in [0.2, 0.25) is 5.88 Å². The second kappa shape index (κ2) is 7.74. The number of aromatic nitrogens is 3. The lowest BCUT2D eigenvalue weighted by Gasteiger charge is -2.27. The van der Waals surface area contributed by atoms with E-state index >= 15 is 0 Å². The molecule has 2 heterocycles. The topological polar surface area (TPSA) is 57.0 Å². The molecule has 1 fully saturated rings. The van der Waals surface area contributed by atoms with Crippen LogP contribution >= 0.6 is 0 Å². The predicted octanol–water partition coefficient (Wildman–Crippen LogP) is 4.39. The summed E-state index contributed by atoms with van der Waals surface area (Å²) in [5.41, 5.74) is 4.43. The van der Waals surface area contributed by atoms with Crippen LogP contribution in [0.25, 0.3) is 11.0 Å². The van der Waals surface area contributed by atoms with Crippen molar-refractivity contribution in [3.8, 4) is 5.88 Å². The van der Waals surface area contributed by atoms with E-state index in [1.54, 1.807) is 6.92 Å². The summed E-state index contributed by atoms with van der Waals surface area (Å²) in [5, 5.41) is 0. The molecule has 146 valence electrons. The third-order valence-corrected chi connectivity index (χ3v) is 5.82. The standard InChI is InChI=1S/C23H27N3O2/c1-15-5-4-6-17(11-15)12-22-25-20-13-23(24-14-21(20)26(22)3)28-19-9-7-18(8-10-19)16(2)27/h4-6,11,13-14,18-19H,7-10,12H2,1-3H3/t18-,19+. The van der Waals surface area contributed by atoms with Crippen molar-refractivity contribution in [1.29, 1.82) is 0 Å². The van der Waals surface area contributed by atoms with E-state index in [1.807, 2.05) is 19.3 Å². The van der Waals surface area contributed by atoms with Gasteiger partial charge in [0, 0.05) is 25.5 Å². The maximum Gasteiger partial charge on any atom is 0.215 e. The van der Waals surface area contributed by atoms with Crippen LogP contribution < -0.4 is 4.74 Å². The highest BCUT2D eigenvalue weighted by molar-refractivity contribution is 5.78. The molecular weight excluding hydrogens is 350 g/mol. The molecule has 5 nitrogen and oxygen atoms in total. The van der Waals surface area contributed by atoms with E-state index in [-0.39, 0.29) is 12.0 Å². The first-order chi connectivity index (χ1) is 13.5. The van der Waals surface area contributed by atoms with Gasteiger partial charge in [-0.2, -0.15) is 0 Å². The first kappa shape index (κ1) is 18.7. The Morgan fingerprint density at radius 3 is 2.71 bits per heavy atom. The van der Waals surface area contributed by atoms with Gasteiger partial charge in [0.1, 0.15) is 17.7 Å². The van der Waals surface area contributed by atoms with Crippen molar-refractivity contribution in [3.05, 3.63) is 53.5 Å². The fourth-order valence-corrected chi connectivity index (χ4v) is 4.11. The second-order valence-electron chi connectivity index (χ2n) is 7.97. The van der Waals surface area contributed by atoms with Crippen LogP contribution in [0.1, 0.15) is 49.6 Å². The first-order valence-corrected chi connectivity index (χ1v) is 10.0. The smallest absolute Gasteiger partial charge is 0.215 e. The third kappa shape index (κ3) is 3.93. The number of ether oxygens (including phenoxy) is 1. The van der Waals surface area contributed by atoms with Gasteiger partial charge in [-0.15, -0.1) is 0 Å². The molecule has 0 radical (unpaired) electrons. The molecule has 2 aromatic heterocycles. The molecule has 28 heavy (non-hydrogen) atoms. The van der Waals surface area contributed by atoms with Crippen molar-refractivity contribution in [2.45, 2.75) is 52.1 Å². The number of benzene rings is 1. The van der Waals surface area contributed by atoms with Gasteiger partial charge >= 0.3 is 0 Å². The van der Waals surface area contributed by atoms with E-state index in [9.17, 15) is 4.79 Å². The number of imidazole rings is 1. The van der Waals surface area contributed by atoms with Gasteiger partial charge < -0.3 is 9.30 Å². The highest BCUT2D eigenvalue weighted by atomic mass is 16.5. The molecule has 0 N–H and O–H groups in total. The van der Waals surface area contributed by atoms with Gasteiger partial charge in [-0.1, -0.05) is 29.8 Å². The Morgan fingerprint density at radius 1 is 1.21 bits per heavy atom. The number of nitrogens with zero attached hydrogens (tertiary/aromatic N) is 3. The minimum atomic E-state index is 0.135. The lowest BCUT2D eigenvalue weighted by molar-refractivity contribution is -0.122. The number of aryl methyl sites for hydroxylation is 2. The van der Waals surface area contributed by atoms with Gasteiger partial charge in [0.05, 0.1) is 17.2 Å². The monoisotopic (exact) mass is 377 g/mol. The van der Waals surface area contributed by atoms with E-state index in [2.05, 4.69) is 40.7 Å². The highest BCUT2D eigenvalue weighted by Crippen LogP contribution is 2.28. The fraction of sp³-hybridized carbons (Fsp3) is 0.435. The van der Waals surface area contributed by atoms with Gasteiger partial charge in [-0.25, -0.2) is 9.97 Å². The van der Waals surface area contributed by atoms with Crippen molar-refractivity contribution in [1.82, 2.24) is 14.5 Å². The molecule has 3 aromatic rings. The molecule has 0 amide bonds. The summed E-state index contributed by atoms with van der Waals surface area (Å²) in [6.45, 7) is 3.80. The zero-order chi connectivity index (χ0) is 19.7. The number of fused-ring (bicyclic) bond motifs is 1. The van der Waals surface area contributed by atoms with Crippen LogP contribution in [-0.4, -0.2) is 26.4 Å². The minimum Gasteiger partial charge on any atom is -0.474 e. The lowest BCUT2D eigenvalue weighted by Crippen LogP contribution is -2.27. The van der Waals surface area contributed by atoms with Crippen molar-refractivity contribution in [2.24, 2.45) is 13.0 Å². The Bertz CT molecular complexity index is 1000. The Labute approximate surface area is 165 Å². The number of hydrogen-bond acceptors (Lipinski definition) is 4. The molecule has 0 aliphatic heterocycles. The van der Waals surface area contributed by atoms with Crippen molar-refractivity contribution in [2.75, 3.05) is 0 Å². The summed E-state index contributed by atoms with van der Waals surface area (Å²) in [6, 6.07) is 10.5. The number of Topliss-reactive ketones (excluding diaryl/α,β-unsaturated/α-hetero) is 1. The summed E-state index contributed by atoms with van der Waals surface area (Å²) in [6.07, 6.45) is 6.40. The van der Waals surface area contributed by atoms with Crippen LogP contribution in [0.5, 0.6) is 5.88 Å². The zero-order valence-corrected chi connectivity index (χ0v) is 16.8. The molecule has 0 atom stereocenters. The van der Waals surface area contributed by atoms with Crippen LogP contribution in [0.3, 0.4) is 0 Å². The SMILES string of the molecule is Cc1cccc(Cc2nc3cc(O[C@H]4CC[C@@H](C(C)=O)CC4)ncc3n2C)c1. The number of ketones is 1. The van der Waals surface area contributed by atoms with Crippen molar-refractivity contribution < 1.29 is 9.53 Å². The van der Waals surface area contributed by atoms with Crippen LogP contribution in [-0.2, 0) is 18.3 Å². The summed E-state index contributed by atoms with van der Waals surface area (Å²) >= 11 is 0. The summed E-state index contributed by atoms with van der Waals surface area (Å²) in [7, 11) is 2.03. The normalized spacial score (nSPS) is 19.7. The molecule has 1 saturated carbocycles. The van der Waals surface area contributed by atoms with E-state index in [0.29, 0.717) is 11.7 Å². The quantitative estimate of drug-likeness (QED) is 0.661. The maximum atomic E-state index is 11.5. The molecule has 1 aliphatic carbocycles. The first-order valence-electron chi connectivity index (χ1n) is 10.0. The maximum absolute atomic E-state index is 11.5. The van der Waals surface area contributed by atoms with Crippen molar-refractivity contribution >= 4 is 16.8 Å². The van der Waals surface area contributed by atoms with Gasteiger partial charge in [-0.05, 0) is 45.1 Å². The Morgan fingerprint density at radius 2 is 2.00 bits per heavy atom. The molecule has 1 aromatic carbocycles. The van der Waals surface area contributed by atoms with Crippen LogP contribution in [0.4, 0.5) is 0 Å². The van der Waals surface area contributed by atoms with E-state index in [1.165, 1.54) is 11.1 Å². The Balaban J connectivity index is 1.49. The number of rotatable bonds is 5. The van der Waals surface area contributed by atoms with Crippen LogP contribution in [0.2, 0.25) is 0 Å². The molecule has 0 unspecified atom stereocenters. The van der Waals surface area contributed by atoms with Gasteiger partial charge in [-0.3, -0.25) is 4.79 Å². The Hall–Kier alpha value is -2.69. The highest BCUT2D eigenvalue weighted by Gasteiger charge is 2.25. The average molecular weight is 377 g/mol. The van der Waals surface area contributed by atoms with Gasteiger partial charge in [0.25, 0.3) is 0 Å². The molecular formula is C23H27N3O2. The molecule has 5 heteroatoms. The van der Waals surface area contributed by atoms with Gasteiger partial charge in [0.15, 0.2) is 0 Å². The number of carbonyl (C=O) groups is 1. The van der Waals surface area contributed by atoms with Crippen molar-refractivity contribution in [3.63, 3.8) is 0 Å². The van der Waals surface area contributed by atoms with Crippen LogP contribution in [0.15, 0.2) is 36.5 Å². The summed E-state index contributed by atoms with van der Waals surface area (Å²) in [5.74, 6) is 2.14. The molecule has 0 saturated heterocycles. The average Bonchev–Trinajstić information content (AvgIpc) is 2.97. The Kier molecular flexibility index (Phi) is 5.16. The summed E-state index contributed by atoms with van der Waals surface area (Å²) < 4.78 is 8.21. The molecule has 0 bridgehead atoms. The molecule has 0 spiro atoms. The number of carbonyl (C=O) groups excluding carboxylic acids is 1. The van der Waals surface area contributed by atoms with E-state index < -0.39 is 0 Å². The fourth-order valence-electron chi connectivity index (χ4n) is 4.11.